The summed E-state index contributed by atoms with van der Waals surface area (Å²) in [7, 11) is 0. The molecule has 0 fully saturated rings. The van der Waals surface area contributed by atoms with Crippen LogP contribution in [0.4, 0.5) is 0 Å². The SMILES string of the molecule is Cc1cccc(C)c1.N/C=N/N. The van der Waals surface area contributed by atoms with Crippen LogP contribution in [0.1, 0.15) is 11.1 Å². The van der Waals surface area contributed by atoms with E-state index in [0.717, 1.165) is 6.34 Å². The van der Waals surface area contributed by atoms with Gasteiger partial charge in [0.15, 0.2) is 0 Å². The van der Waals surface area contributed by atoms with Gasteiger partial charge in [-0.2, -0.15) is 5.10 Å². The quantitative estimate of drug-likeness (QED) is 0.262. The van der Waals surface area contributed by atoms with Crippen molar-refractivity contribution < 1.29 is 0 Å². The Balaban J connectivity index is 0.000000261. The first-order chi connectivity index (χ1) is 5.70. The normalized spacial score (nSPS) is 9.17. The molecule has 0 saturated heterocycles. The minimum Gasteiger partial charge on any atom is -0.388 e. The van der Waals surface area contributed by atoms with Crippen LogP contribution in [0.5, 0.6) is 0 Å². The third kappa shape index (κ3) is 5.29. The lowest BCUT2D eigenvalue weighted by atomic mass is 10.2. The fourth-order valence-electron chi connectivity index (χ4n) is 0.807. The fraction of sp³-hybridized carbons (Fsp3) is 0.222. The van der Waals surface area contributed by atoms with Gasteiger partial charge < -0.3 is 11.6 Å². The molecule has 0 aliphatic carbocycles. The maximum atomic E-state index is 4.61. The molecule has 0 aliphatic heterocycles. The van der Waals surface area contributed by atoms with E-state index < -0.39 is 0 Å². The van der Waals surface area contributed by atoms with Crippen LogP contribution in [-0.4, -0.2) is 6.34 Å². The highest BCUT2D eigenvalue weighted by Crippen LogP contribution is 2.00. The Morgan fingerprint density at radius 1 is 1.25 bits per heavy atom. The zero-order valence-corrected chi connectivity index (χ0v) is 7.49. The summed E-state index contributed by atoms with van der Waals surface area (Å²) in [6.45, 7) is 4.21. The summed E-state index contributed by atoms with van der Waals surface area (Å²) in [5.41, 5.74) is 7.29. The number of nitrogens with zero attached hydrogens (tertiary/aromatic N) is 1. The van der Waals surface area contributed by atoms with Crippen molar-refractivity contribution in [2.45, 2.75) is 13.8 Å². The summed E-state index contributed by atoms with van der Waals surface area (Å²) in [5.74, 6) is 4.47. The van der Waals surface area contributed by atoms with E-state index >= 15 is 0 Å². The minimum atomic E-state index is 1.03. The van der Waals surface area contributed by atoms with E-state index in [1.54, 1.807) is 0 Å². The molecule has 1 aromatic carbocycles. The summed E-state index contributed by atoms with van der Waals surface area (Å²) in [4.78, 5) is 0. The molecule has 0 aliphatic rings. The molecule has 0 aromatic heterocycles. The van der Waals surface area contributed by atoms with Gasteiger partial charge in [-0.15, -0.1) is 0 Å². The number of benzene rings is 1. The van der Waals surface area contributed by atoms with E-state index in [4.69, 9.17) is 0 Å². The topological polar surface area (TPSA) is 64.4 Å². The van der Waals surface area contributed by atoms with Crippen molar-refractivity contribution in [2.24, 2.45) is 16.7 Å². The average molecular weight is 165 g/mol. The molecule has 0 heterocycles. The number of nitrogens with two attached hydrogens (primary N) is 2. The van der Waals surface area contributed by atoms with Crippen LogP contribution in [0.15, 0.2) is 29.4 Å². The van der Waals surface area contributed by atoms with Gasteiger partial charge in [-0.25, -0.2) is 0 Å². The van der Waals surface area contributed by atoms with Crippen LogP contribution in [0.2, 0.25) is 0 Å². The van der Waals surface area contributed by atoms with Crippen LogP contribution in [0, 0.1) is 13.8 Å². The Kier molecular flexibility index (Phi) is 5.43. The standard InChI is InChI=1S/C8H10.CH5N3/c1-7-4-3-5-8(2)6-7;2-1-4-3/h3-6H,1-2H3;1H,3H2,(H2,2,4). The highest BCUT2D eigenvalue weighted by Gasteiger charge is 1.80. The molecule has 12 heavy (non-hydrogen) atoms. The Hall–Kier alpha value is -1.51. The Morgan fingerprint density at radius 3 is 1.83 bits per heavy atom. The second-order valence-electron chi connectivity index (χ2n) is 2.46. The highest BCUT2D eigenvalue weighted by atomic mass is 15.1. The molecule has 0 bridgehead atoms. The number of hydrogen-bond acceptors (Lipinski definition) is 2. The molecule has 4 N–H and O–H groups in total. The van der Waals surface area contributed by atoms with E-state index in [2.05, 4.69) is 54.8 Å². The summed E-state index contributed by atoms with van der Waals surface area (Å²) < 4.78 is 0. The third-order valence-corrected chi connectivity index (χ3v) is 1.26. The number of hydrogen-bond donors (Lipinski definition) is 2. The average Bonchev–Trinajstić information content (AvgIpc) is 2.04. The summed E-state index contributed by atoms with van der Waals surface area (Å²) in [6, 6.07) is 8.45. The summed E-state index contributed by atoms with van der Waals surface area (Å²) >= 11 is 0. The van der Waals surface area contributed by atoms with Crippen LogP contribution in [-0.2, 0) is 0 Å². The van der Waals surface area contributed by atoms with Crippen LogP contribution >= 0.6 is 0 Å². The van der Waals surface area contributed by atoms with Crippen molar-refractivity contribution in [3.8, 4) is 0 Å². The first-order valence-corrected chi connectivity index (χ1v) is 3.67. The summed E-state index contributed by atoms with van der Waals surface area (Å²) in [5, 5.41) is 2.89. The zero-order chi connectivity index (χ0) is 9.40. The first-order valence-electron chi connectivity index (χ1n) is 3.67. The highest BCUT2D eigenvalue weighted by molar-refractivity contribution is 5.50. The monoisotopic (exact) mass is 165 g/mol. The maximum absolute atomic E-state index is 4.61. The smallest absolute Gasteiger partial charge is 0.105 e. The lowest BCUT2D eigenvalue weighted by Gasteiger charge is -1.90. The molecule has 66 valence electrons. The van der Waals surface area contributed by atoms with Gasteiger partial charge in [-0.1, -0.05) is 35.4 Å². The van der Waals surface area contributed by atoms with Gasteiger partial charge in [0.2, 0.25) is 0 Å². The van der Waals surface area contributed by atoms with Crippen molar-refractivity contribution >= 4 is 6.34 Å². The molecule has 0 atom stereocenters. The molecular weight excluding hydrogens is 150 g/mol. The summed E-state index contributed by atoms with van der Waals surface area (Å²) in [6.07, 6.45) is 1.03. The van der Waals surface area contributed by atoms with Gasteiger partial charge in [0.05, 0.1) is 0 Å². The van der Waals surface area contributed by atoms with Gasteiger partial charge in [0.1, 0.15) is 6.34 Å². The molecule has 0 radical (unpaired) electrons. The van der Waals surface area contributed by atoms with Crippen molar-refractivity contribution in [2.75, 3.05) is 0 Å². The molecule has 0 saturated carbocycles. The van der Waals surface area contributed by atoms with Crippen molar-refractivity contribution in [3.05, 3.63) is 35.4 Å². The van der Waals surface area contributed by atoms with Gasteiger partial charge in [0.25, 0.3) is 0 Å². The number of rotatable bonds is 0. The van der Waals surface area contributed by atoms with Gasteiger partial charge in [0, 0.05) is 0 Å². The van der Waals surface area contributed by atoms with Crippen molar-refractivity contribution in [1.82, 2.24) is 0 Å². The van der Waals surface area contributed by atoms with Crippen molar-refractivity contribution in [1.29, 1.82) is 0 Å². The Bertz CT molecular complexity index is 222. The van der Waals surface area contributed by atoms with E-state index in [9.17, 15) is 0 Å². The van der Waals surface area contributed by atoms with Crippen LogP contribution in [0.3, 0.4) is 0 Å². The lowest BCUT2D eigenvalue weighted by Crippen LogP contribution is -1.91. The number of hydrazone groups is 1. The molecule has 0 spiro atoms. The minimum absolute atomic E-state index is 1.03. The van der Waals surface area contributed by atoms with E-state index in [-0.39, 0.29) is 0 Å². The molecule has 3 heteroatoms. The molecule has 1 rings (SSSR count). The largest absolute Gasteiger partial charge is 0.388 e. The van der Waals surface area contributed by atoms with Gasteiger partial charge in [-0.3, -0.25) is 0 Å². The molecule has 0 amide bonds. The van der Waals surface area contributed by atoms with Crippen molar-refractivity contribution in [3.63, 3.8) is 0 Å². The predicted octanol–water partition coefficient (Wildman–Crippen LogP) is 1.15. The second-order valence-corrected chi connectivity index (χ2v) is 2.46. The first kappa shape index (κ1) is 10.5. The van der Waals surface area contributed by atoms with E-state index in [1.165, 1.54) is 11.1 Å². The van der Waals surface area contributed by atoms with Crippen LogP contribution < -0.4 is 11.6 Å². The zero-order valence-electron chi connectivity index (χ0n) is 7.49. The number of aryl methyl sites for hydroxylation is 2. The maximum Gasteiger partial charge on any atom is 0.105 e. The molecule has 3 nitrogen and oxygen atoms in total. The Labute approximate surface area is 73.1 Å². The van der Waals surface area contributed by atoms with Gasteiger partial charge in [-0.05, 0) is 13.8 Å². The Morgan fingerprint density at radius 2 is 1.67 bits per heavy atom. The molecule has 0 unspecified atom stereocenters. The van der Waals surface area contributed by atoms with Gasteiger partial charge >= 0.3 is 0 Å². The van der Waals surface area contributed by atoms with E-state index in [1.807, 2.05) is 0 Å². The fourth-order valence-corrected chi connectivity index (χ4v) is 0.807. The van der Waals surface area contributed by atoms with Crippen LogP contribution in [0.25, 0.3) is 0 Å². The predicted molar refractivity (Wildman–Crippen MR) is 52.8 cm³/mol. The second kappa shape index (κ2) is 6.22. The molecular formula is C9H15N3. The molecule has 1 aromatic rings. The third-order valence-electron chi connectivity index (χ3n) is 1.26. The lowest BCUT2D eigenvalue weighted by molar-refractivity contribution is 1.25. The van der Waals surface area contributed by atoms with E-state index in [0.29, 0.717) is 0 Å².